The molecule has 0 spiro atoms. The van der Waals surface area contributed by atoms with Crippen LogP contribution in [0.25, 0.3) is 0 Å². The summed E-state index contributed by atoms with van der Waals surface area (Å²) >= 11 is 0. The molecule has 0 bridgehead atoms. The van der Waals surface area contributed by atoms with Crippen LogP contribution in [0.3, 0.4) is 0 Å². The number of rotatable bonds is 13. The number of sulfone groups is 1. The summed E-state index contributed by atoms with van der Waals surface area (Å²) in [5.41, 5.74) is 4.29. The minimum Gasteiger partial charge on any atom is -0.363 e. The second-order valence-corrected chi connectivity index (χ2v) is 17.3. The second-order valence-electron chi connectivity index (χ2n) is 15.2. The molecule has 1 saturated heterocycles. The minimum atomic E-state index is -3.71. The quantitative estimate of drug-likeness (QED) is 0.233. The van der Waals surface area contributed by atoms with Crippen molar-refractivity contribution in [3.8, 4) is 0 Å². The predicted molar refractivity (Wildman–Crippen MR) is 172 cm³/mol. The van der Waals surface area contributed by atoms with Gasteiger partial charge in [0.25, 0.3) is 5.91 Å². The van der Waals surface area contributed by atoms with Crippen LogP contribution >= 0.6 is 0 Å². The zero-order valence-corrected chi connectivity index (χ0v) is 28.6. The van der Waals surface area contributed by atoms with Crippen molar-refractivity contribution in [1.82, 2.24) is 20.9 Å². The highest BCUT2D eigenvalue weighted by Gasteiger charge is 2.70. The molecule has 6 atom stereocenters. The average molecular weight is 660 g/mol. The number of nitrogens with zero attached hydrogens (tertiary/aromatic N) is 1. The van der Waals surface area contributed by atoms with Crippen molar-refractivity contribution in [2.75, 3.05) is 12.3 Å². The Kier molecular flexibility index (Phi) is 9.97. The van der Waals surface area contributed by atoms with Crippen LogP contribution in [0.5, 0.6) is 0 Å². The molecule has 1 aromatic carbocycles. The molecule has 1 aromatic rings. The molecule has 2 aliphatic carbocycles. The Hall–Kier alpha value is -3.48. The lowest BCUT2D eigenvalue weighted by atomic mass is 9.85. The van der Waals surface area contributed by atoms with Crippen LogP contribution < -0.4 is 21.7 Å². The van der Waals surface area contributed by atoms with Gasteiger partial charge in [0.15, 0.2) is 9.84 Å². The third kappa shape index (κ3) is 7.72. The van der Waals surface area contributed by atoms with Crippen LogP contribution in [0.1, 0.15) is 67.7 Å². The molecule has 1 heterocycles. The van der Waals surface area contributed by atoms with Gasteiger partial charge in [-0.05, 0) is 53.1 Å². The van der Waals surface area contributed by atoms with E-state index in [4.69, 9.17) is 5.73 Å². The van der Waals surface area contributed by atoms with Gasteiger partial charge in [0.2, 0.25) is 17.6 Å². The van der Waals surface area contributed by atoms with Gasteiger partial charge in [0, 0.05) is 12.6 Å². The van der Waals surface area contributed by atoms with Crippen molar-refractivity contribution < 1.29 is 32.4 Å². The summed E-state index contributed by atoms with van der Waals surface area (Å²) < 4.78 is 26.2. The number of carbonyl (C=O) groups is 5. The van der Waals surface area contributed by atoms with Crippen molar-refractivity contribution in [2.24, 2.45) is 40.2 Å². The van der Waals surface area contributed by atoms with E-state index >= 15 is 0 Å². The first-order valence-corrected chi connectivity index (χ1v) is 17.7. The smallest absolute Gasteiger partial charge is 0.315 e. The van der Waals surface area contributed by atoms with Crippen molar-refractivity contribution in [2.45, 2.75) is 96.8 Å². The molecular weight excluding hydrogens is 610 g/mol. The Balaban J connectivity index is 1.51. The van der Waals surface area contributed by atoms with Crippen LogP contribution in [0.2, 0.25) is 0 Å². The number of amides is 5. The fraction of sp³-hybridized carbons (Fsp3) is 0.667. The molecule has 0 aromatic heterocycles. The summed E-state index contributed by atoms with van der Waals surface area (Å²) in [4.78, 5) is 67.4. The second kappa shape index (κ2) is 13.0. The topological polar surface area (TPSA) is 185 Å². The molecule has 12 nitrogen and oxygen atoms in total. The number of nitrogens with two attached hydrogens (primary N) is 1. The highest BCUT2D eigenvalue weighted by molar-refractivity contribution is 7.91. The van der Waals surface area contributed by atoms with Crippen molar-refractivity contribution >= 4 is 39.4 Å². The van der Waals surface area contributed by atoms with Gasteiger partial charge in [0.05, 0.1) is 16.7 Å². The van der Waals surface area contributed by atoms with Gasteiger partial charge in [-0.25, -0.2) is 13.2 Å². The maximum Gasteiger partial charge on any atom is 0.315 e. The molecular formula is C33H49N5O7S. The number of nitrogens with one attached hydrogen (secondary N) is 3. The maximum absolute atomic E-state index is 14.2. The van der Waals surface area contributed by atoms with Crippen molar-refractivity contribution in [3.05, 3.63) is 30.3 Å². The number of carbonyl (C=O) groups excluding carboxylic acids is 5. The zero-order chi connectivity index (χ0) is 34.4. The number of primary amides is 1. The van der Waals surface area contributed by atoms with E-state index < -0.39 is 69.0 Å². The lowest BCUT2D eigenvalue weighted by Crippen LogP contribution is -2.62. The number of hydrogen-bond donors (Lipinski definition) is 4. The van der Waals surface area contributed by atoms with Gasteiger partial charge in [-0.1, -0.05) is 79.5 Å². The van der Waals surface area contributed by atoms with Crippen molar-refractivity contribution in [3.63, 3.8) is 0 Å². The molecule has 4 rings (SSSR count). The van der Waals surface area contributed by atoms with E-state index in [1.165, 1.54) is 17.0 Å². The Bertz CT molecular complexity index is 1470. The summed E-state index contributed by atoms with van der Waals surface area (Å²) in [5.74, 6) is -3.40. The first-order chi connectivity index (χ1) is 21.3. The van der Waals surface area contributed by atoms with Crippen LogP contribution in [0, 0.1) is 34.5 Å². The number of hydrogen-bond acceptors (Lipinski definition) is 7. The molecule has 5 amide bonds. The van der Waals surface area contributed by atoms with Gasteiger partial charge in [-0.3, -0.25) is 19.2 Å². The maximum atomic E-state index is 14.2. The van der Waals surface area contributed by atoms with Crippen LogP contribution in [-0.4, -0.2) is 79.3 Å². The van der Waals surface area contributed by atoms with Crippen molar-refractivity contribution in [1.29, 1.82) is 0 Å². The van der Waals surface area contributed by atoms with E-state index in [9.17, 15) is 32.4 Å². The third-order valence-corrected chi connectivity index (χ3v) is 11.7. The summed E-state index contributed by atoms with van der Waals surface area (Å²) in [6, 6.07) is 3.55. The molecule has 3 aliphatic rings. The first kappa shape index (κ1) is 35.4. The number of benzene rings is 1. The normalized spacial score (nSPS) is 23.9. The van der Waals surface area contributed by atoms with Gasteiger partial charge in [0.1, 0.15) is 12.1 Å². The van der Waals surface area contributed by atoms with E-state index in [0.717, 1.165) is 12.8 Å². The van der Waals surface area contributed by atoms with E-state index in [1.54, 1.807) is 52.8 Å². The molecule has 1 aliphatic heterocycles. The van der Waals surface area contributed by atoms with Gasteiger partial charge in [-0.2, -0.15) is 0 Å². The fourth-order valence-electron chi connectivity index (χ4n) is 6.68. The van der Waals surface area contributed by atoms with Crippen LogP contribution in [0.15, 0.2) is 35.2 Å². The summed E-state index contributed by atoms with van der Waals surface area (Å²) in [7, 11) is -3.71. The molecule has 5 N–H and O–H groups in total. The van der Waals surface area contributed by atoms with Gasteiger partial charge in [-0.15, -0.1) is 0 Å². The van der Waals surface area contributed by atoms with Gasteiger partial charge < -0.3 is 26.6 Å². The molecule has 13 heteroatoms. The lowest BCUT2D eigenvalue weighted by Gasteiger charge is -2.38. The number of Topliss-reactive ketones (excluding diaryl/α,β-unsaturated/α-hetero) is 1. The number of piperidine rings is 1. The number of ketones is 1. The predicted octanol–water partition coefficient (Wildman–Crippen LogP) is 2.02. The Labute approximate surface area is 271 Å². The molecule has 254 valence electrons. The van der Waals surface area contributed by atoms with Crippen LogP contribution in [0.4, 0.5) is 4.79 Å². The van der Waals surface area contributed by atoms with E-state index in [0.29, 0.717) is 13.0 Å². The summed E-state index contributed by atoms with van der Waals surface area (Å²) in [6.07, 6.45) is 2.12. The molecule has 3 fully saturated rings. The summed E-state index contributed by atoms with van der Waals surface area (Å²) in [6.45, 7) is 13.4. The highest BCUT2D eigenvalue weighted by atomic mass is 32.2. The number of fused-ring (bicyclic) bond motifs is 1. The Morgan fingerprint density at radius 2 is 1.61 bits per heavy atom. The Morgan fingerprint density at radius 3 is 2.13 bits per heavy atom. The van der Waals surface area contributed by atoms with Crippen LogP contribution in [-0.2, 0) is 29.0 Å². The molecule has 0 radical (unpaired) electrons. The first-order valence-electron chi connectivity index (χ1n) is 16.0. The monoisotopic (exact) mass is 659 g/mol. The number of urea groups is 1. The standard InChI is InChI=1S/C33H49N5O7S/c1-18(2)23(17-46(44,45)20-11-9-8-10-12-20)36-31(43)37-27(32(3,4)5)30(42)38-16-21-24(33(21,6)7)25(38)29(41)35-22(15-19-13-14-19)26(39)28(34)40/h8-12,18-19,21-25,27H,13-17H2,1-7H3,(H2,34,40)(H,35,41)(H2,36,37,43)/t21?,22?,23-,24?,25+,27-/m1/s1. The van der Waals surface area contributed by atoms with E-state index in [-0.39, 0.29) is 39.7 Å². The van der Waals surface area contributed by atoms with E-state index in [2.05, 4.69) is 16.0 Å². The average Bonchev–Trinajstić information content (AvgIpc) is 3.81. The van der Waals surface area contributed by atoms with Gasteiger partial charge >= 0.3 is 6.03 Å². The third-order valence-electron chi connectivity index (χ3n) is 9.91. The van der Waals surface area contributed by atoms with E-state index in [1.807, 2.05) is 13.8 Å². The molecule has 2 saturated carbocycles. The Morgan fingerprint density at radius 1 is 1.00 bits per heavy atom. The highest BCUT2D eigenvalue weighted by Crippen LogP contribution is 2.65. The zero-order valence-electron chi connectivity index (χ0n) is 27.8. The SMILES string of the molecule is CC(C)[C@@H](CS(=O)(=O)c1ccccc1)NC(=O)N[C@H](C(=O)N1CC2C([C@H]1C(=O)NC(CC1CC1)C(=O)C(N)=O)C2(C)C)C(C)(C)C. The molecule has 46 heavy (non-hydrogen) atoms. The summed E-state index contributed by atoms with van der Waals surface area (Å²) in [5, 5.41) is 8.29. The lowest BCUT2D eigenvalue weighted by molar-refractivity contribution is -0.145. The molecule has 3 unspecified atom stereocenters. The number of likely N-dealkylation sites (tertiary alicyclic amines) is 1. The fourth-order valence-corrected chi connectivity index (χ4v) is 8.38. The largest absolute Gasteiger partial charge is 0.363 e. The minimum absolute atomic E-state index is 0.0453.